The van der Waals surface area contributed by atoms with Crippen molar-refractivity contribution in [2.45, 2.75) is 13.2 Å². The van der Waals surface area contributed by atoms with Gasteiger partial charge in [-0.05, 0) is 29.8 Å². The maximum atomic E-state index is 13.2. The zero-order chi connectivity index (χ0) is 13.0. The number of ether oxygens (including phenoxy) is 1. The summed E-state index contributed by atoms with van der Waals surface area (Å²) in [7, 11) is 0. The Morgan fingerprint density at radius 3 is 2.72 bits per heavy atom. The molecule has 1 aromatic heterocycles. The first kappa shape index (κ1) is 12.8. The van der Waals surface area contributed by atoms with Crippen molar-refractivity contribution < 1.29 is 14.2 Å². The normalized spacial score (nSPS) is 10.4. The van der Waals surface area contributed by atoms with Gasteiger partial charge in [0.25, 0.3) is 0 Å². The summed E-state index contributed by atoms with van der Waals surface area (Å²) in [6, 6.07) is 7.88. The highest BCUT2D eigenvalue weighted by molar-refractivity contribution is 6.30. The fourth-order valence-corrected chi connectivity index (χ4v) is 1.50. The van der Waals surface area contributed by atoms with Crippen LogP contribution in [0.15, 0.2) is 36.5 Å². The Morgan fingerprint density at radius 1 is 1.28 bits per heavy atom. The standard InChI is InChI=1S/C13H11ClFNO2/c14-12-4-1-9(5-13(12)15)8-18-11-3-2-10(7-17)16-6-11/h1-6,17H,7-8H2. The summed E-state index contributed by atoms with van der Waals surface area (Å²) in [6.45, 7) is 0.122. The van der Waals surface area contributed by atoms with Crippen LogP contribution in [-0.2, 0) is 13.2 Å². The second-order valence-electron chi connectivity index (χ2n) is 3.68. The van der Waals surface area contributed by atoms with Crippen molar-refractivity contribution in [2.24, 2.45) is 0 Å². The molecule has 1 heterocycles. The lowest BCUT2D eigenvalue weighted by molar-refractivity contribution is 0.275. The van der Waals surface area contributed by atoms with E-state index in [0.29, 0.717) is 17.0 Å². The molecule has 0 saturated carbocycles. The van der Waals surface area contributed by atoms with Gasteiger partial charge >= 0.3 is 0 Å². The third-order valence-electron chi connectivity index (χ3n) is 2.35. The minimum absolute atomic E-state index is 0.0905. The lowest BCUT2D eigenvalue weighted by Gasteiger charge is -2.06. The SMILES string of the molecule is OCc1ccc(OCc2ccc(Cl)c(F)c2)cn1. The van der Waals surface area contributed by atoms with Crippen LogP contribution in [0, 0.1) is 5.82 Å². The molecule has 0 unspecified atom stereocenters. The van der Waals surface area contributed by atoms with E-state index in [4.69, 9.17) is 21.4 Å². The second-order valence-corrected chi connectivity index (χ2v) is 4.09. The van der Waals surface area contributed by atoms with E-state index in [2.05, 4.69) is 4.98 Å². The van der Waals surface area contributed by atoms with Crippen LogP contribution in [0.2, 0.25) is 5.02 Å². The number of hydrogen-bond donors (Lipinski definition) is 1. The molecule has 0 atom stereocenters. The number of aliphatic hydroxyl groups is 1. The molecule has 0 aliphatic heterocycles. The number of nitrogens with zero attached hydrogens (tertiary/aromatic N) is 1. The minimum Gasteiger partial charge on any atom is -0.487 e. The molecule has 0 aliphatic carbocycles. The minimum atomic E-state index is -0.466. The molecule has 3 nitrogen and oxygen atoms in total. The Bertz CT molecular complexity index is 531. The quantitative estimate of drug-likeness (QED) is 0.926. The molecular weight excluding hydrogens is 257 g/mol. The van der Waals surface area contributed by atoms with Gasteiger partial charge in [-0.1, -0.05) is 17.7 Å². The number of aromatic nitrogens is 1. The van der Waals surface area contributed by atoms with Gasteiger partial charge in [-0.2, -0.15) is 0 Å². The molecule has 1 N–H and O–H groups in total. The van der Waals surface area contributed by atoms with Crippen LogP contribution in [0.3, 0.4) is 0 Å². The van der Waals surface area contributed by atoms with E-state index in [1.807, 2.05) is 0 Å². The van der Waals surface area contributed by atoms with Crippen molar-refractivity contribution in [1.29, 1.82) is 0 Å². The molecule has 18 heavy (non-hydrogen) atoms. The highest BCUT2D eigenvalue weighted by atomic mass is 35.5. The van der Waals surface area contributed by atoms with E-state index < -0.39 is 5.82 Å². The Balaban J connectivity index is 1.99. The summed E-state index contributed by atoms with van der Waals surface area (Å²) in [6.07, 6.45) is 1.51. The summed E-state index contributed by atoms with van der Waals surface area (Å²) in [5.41, 5.74) is 1.25. The maximum Gasteiger partial charge on any atom is 0.142 e. The maximum absolute atomic E-state index is 13.2. The lowest BCUT2D eigenvalue weighted by atomic mass is 10.2. The molecule has 0 bridgehead atoms. The van der Waals surface area contributed by atoms with Crippen LogP contribution in [0.4, 0.5) is 4.39 Å². The van der Waals surface area contributed by atoms with Crippen molar-refractivity contribution in [3.8, 4) is 5.75 Å². The Labute approximate surface area is 109 Å². The third kappa shape index (κ3) is 3.18. The topological polar surface area (TPSA) is 42.4 Å². The van der Waals surface area contributed by atoms with Crippen molar-refractivity contribution in [2.75, 3.05) is 0 Å². The Morgan fingerprint density at radius 2 is 2.11 bits per heavy atom. The molecule has 2 aromatic rings. The summed E-state index contributed by atoms with van der Waals surface area (Å²) in [5, 5.41) is 8.93. The number of rotatable bonds is 4. The van der Waals surface area contributed by atoms with Crippen molar-refractivity contribution in [3.05, 3.63) is 58.6 Å². The van der Waals surface area contributed by atoms with Gasteiger partial charge in [0.05, 0.1) is 23.5 Å². The van der Waals surface area contributed by atoms with Crippen molar-refractivity contribution >= 4 is 11.6 Å². The highest BCUT2D eigenvalue weighted by Crippen LogP contribution is 2.17. The van der Waals surface area contributed by atoms with E-state index in [0.717, 1.165) is 0 Å². The van der Waals surface area contributed by atoms with Gasteiger partial charge in [-0.15, -0.1) is 0 Å². The van der Waals surface area contributed by atoms with Gasteiger partial charge in [0.1, 0.15) is 18.2 Å². The van der Waals surface area contributed by atoms with E-state index in [1.165, 1.54) is 18.3 Å². The first-order chi connectivity index (χ1) is 8.69. The van der Waals surface area contributed by atoms with Crippen LogP contribution in [0.25, 0.3) is 0 Å². The Kier molecular flexibility index (Phi) is 4.12. The number of aliphatic hydroxyl groups excluding tert-OH is 1. The van der Waals surface area contributed by atoms with Gasteiger partial charge in [0, 0.05) is 0 Å². The molecule has 94 valence electrons. The van der Waals surface area contributed by atoms with Gasteiger partial charge in [0.2, 0.25) is 0 Å². The highest BCUT2D eigenvalue weighted by Gasteiger charge is 2.02. The molecular formula is C13H11ClFNO2. The average molecular weight is 268 g/mol. The first-order valence-electron chi connectivity index (χ1n) is 5.31. The van der Waals surface area contributed by atoms with Crippen LogP contribution < -0.4 is 4.74 Å². The zero-order valence-corrected chi connectivity index (χ0v) is 10.2. The monoisotopic (exact) mass is 267 g/mol. The smallest absolute Gasteiger partial charge is 0.142 e. The average Bonchev–Trinajstić information content (AvgIpc) is 2.41. The molecule has 0 fully saturated rings. The molecule has 0 amide bonds. The molecule has 0 saturated heterocycles. The molecule has 0 spiro atoms. The zero-order valence-electron chi connectivity index (χ0n) is 9.44. The molecule has 0 aliphatic rings. The lowest BCUT2D eigenvalue weighted by Crippen LogP contribution is -1.97. The van der Waals surface area contributed by atoms with E-state index >= 15 is 0 Å². The van der Waals surface area contributed by atoms with Crippen LogP contribution >= 0.6 is 11.6 Å². The van der Waals surface area contributed by atoms with E-state index in [-0.39, 0.29) is 18.2 Å². The van der Waals surface area contributed by atoms with E-state index in [1.54, 1.807) is 18.2 Å². The Hall–Kier alpha value is -1.65. The predicted octanol–water partition coefficient (Wildman–Crippen LogP) is 2.95. The molecule has 1 aromatic carbocycles. The fraction of sp³-hybridized carbons (Fsp3) is 0.154. The molecule has 5 heteroatoms. The number of pyridine rings is 1. The van der Waals surface area contributed by atoms with Crippen molar-refractivity contribution in [3.63, 3.8) is 0 Å². The third-order valence-corrected chi connectivity index (χ3v) is 2.66. The molecule has 2 rings (SSSR count). The first-order valence-corrected chi connectivity index (χ1v) is 5.69. The summed E-state index contributed by atoms with van der Waals surface area (Å²) < 4.78 is 18.6. The fourth-order valence-electron chi connectivity index (χ4n) is 1.39. The van der Waals surface area contributed by atoms with Crippen LogP contribution in [0.1, 0.15) is 11.3 Å². The number of hydrogen-bond acceptors (Lipinski definition) is 3. The number of benzene rings is 1. The van der Waals surface area contributed by atoms with Crippen molar-refractivity contribution in [1.82, 2.24) is 4.98 Å². The van der Waals surface area contributed by atoms with Gasteiger partial charge in [-0.25, -0.2) is 4.39 Å². The largest absolute Gasteiger partial charge is 0.487 e. The summed E-state index contributed by atoms with van der Waals surface area (Å²) in [4.78, 5) is 3.97. The van der Waals surface area contributed by atoms with Gasteiger partial charge in [-0.3, -0.25) is 4.98 Å². The summed E-state index contributed by atoms with van der Waals surface area (Å²) >= 11 is 5.58. The van der Waals surface area contributed by atoms with Crippen LogP contribution in [-0.4, -0.2) is 10.1 Å². The van der Waals surface area contributed by atoms with E-state index in [9.17, 15) is 4.39 Å². The number of halogens is 2. The second kappa shape index (κ2) is 5.80. The van der Waals surface area contributed by atoms with Gasteiger partial charge in [0.15, 0.2) is 0 Å². The molecule has 0 radical (unpaired) electrons. The predicted molar refractivity (Wildman–Crippen MR) is 65.9 cm³/mol. The van der Waals surface area contributed by atoms with Gasteiger partial charge < -0.3 is 9.84 Å². The van der Waals surface area contributed by atoms with Crippen LogP contribution in [0.5, 0.6) is 5.75 Å². The summed E-state index contributed by atoms with van der Waals surface area (Å²) in [5.74, 6) is 0.0917.